The average Bonchev–Trinajstić information content (AvgIpc) is 2.60. The maximum atomic E-state index is 12.2. The molecule has 0 saturated carbocycles. The van der Waals surface area contributed by atoms with Crippen molar-refractivity contribution in [2.75, 3.05) is 18.6 Å². The summed E-state index contributed by atoms with van der Waals surface area (Å²) in [4.78, 5) is 0.351. The van der Waals surface area contributed by atoms with Crippen molar-refractivity contribution in [3.05, 3.63) is 54.1 Å². The molecule has 0 radical (unpaired) electrons. The lowest BCUT2D eigenvalue weighted by molar-refractivity contribution is 0.326. The van der Waals surface area contributed by atoms with E-state index in [2.05, 4.69) is 0 Å². The highest BCUT2D eigenvalue weighted by Crippen LogP contribution is 2.23. The van der Waals surface area contributed by atoms with Gasteiger partial charge in [-0.05, 0) is 41.7 Å². The Kier molecular flexibility index (Phi) is 6.97. The Balaban J connectivity index is 2.05. The van der Waals surface area contributed by atoms with E-state index in [1.165, 1.54) is 0 Å². The van der Waals surface area contributed by atoms with Crippen molar-refractivity contribution in [2.24, 2.45) is 0 Å². The first kappa shape index (κ1) is 20.6. The predicted octanol–water partition coefficient (Wildman–Crippen LogP) is 3.45. The van der Waals surface area contributed by atoms with Crippen molar-refractivity contribution in [3.8, 4) is 11.1 Å². The van der Waals surface area contributed by atoms with Crippen LogP contribution in [0.25, 0.3) is 11.1 Å². The van der Waals surface area contributed by atoms with Crippen molar-refractivity contribution in [2.45, 2.75) is 31.1 Å². The molecule has 0 unspecified atom stereocenters. The Morgan fingerprint density at radius 1 is 0.846 bits per heavy atom. The highest BCUT2D eigenvalue weighted by molar-refractivity contribution is 7.91. The van der Waals surface area contributed by atoms with Gasteiger partial charge in [-0.15, -0.1) is 0 Å². The molecule has 0 aliphatic heterocycles. The van der Waals surface area contributed by atoms with E-state index < -0.39 is 20.0 Å². The topological polar surface area (TPSA) is 77.5 Å². The Morgan fingerprint density at radius 2 is 1.38 bits per heavy atom. The van der Waals surface area contributed by atoms with Gasteiger partial charge >= 0.3 is 0 Å². The lowest BCUT2D eigenvalue weighted by atomic mass is 10.0. The lowest BCUT2D eigenvalue weighted by Crippen LogP contribution is -2.06. The molecule has 0 aromatic heterocycles. The van der Waals surface area contributed by atoms with E-state index in [0.717, 1.165) is 29.4 Å². The molecule has 2 aromatic rings. The van der Waals surface area contributed by atoms with E-state index in [1.807, 2.05) is 31.2 Å². The van der Waals surface area contributed by atoms with Crippen LogP contribution >= 0.6 is 0 Å². The fourth-order valence-electron chi connectivity index (χ4n) is 2.48. The largest absolute Gasteiger partial charge is 0.270 e. The SMILES string of the molecule is CCCCS(=O)(=O)c1ccc(-c2ccc(CCOS(C)(=O)=O)cc2)cc1. The minimum Gasteiger partial charge on any atom is -0.270 e. The summed E-state index contributed by atoms with van der Waals surface area (Å²) >= 11 is 0. The molecular weight excluding hydrogens is 372 g/mol. The zero-order valence-electron chi connectivity index (χ0n) is 15.0. The second-order valence-corrected chi connectivity index (χ2v) is 9.92. The minimum atomic E-state index is -3.42. The maximum absolute atomic E-state index is 12.2. The van der Waals surface area contributed by atoms with Crippen molar-refractivity contribution in [1.29, 1.82) is 0 Å². The van der Waals surface area contributed by atoms with Crippen LogP contribution in [0.2, 0.25) is 0 Å². The van der Waals surface area contributed by atoms with Gasteiger partial charge in [-0.1, -0.05) is 49.7 Å². The minimum absolute atomic E-state index is 0.114. The number of hydrogen-bond acceptors (Lipinski definition) is 5. The molecule has 0 amide bonds. The third-order valence-electron chi connectivity index (χ3n) is 3.96. The van der Waals surface area contributed by atoms with Crippen LogP contribution in [0.5, 0.6) is 0 Å². The fraction of sp³-hybridized carbons (Fsp3) is 0.368. The molecule has 0 aliphatic rings. The molecule has 2 rings (SSSR count). The summed E-state index contributed by atoms with van der Waals surface area (Å²) in [6, 6.07) is 14.6. The van der Waals surface area contributed by atoms with E-state index in [0.29, 0.717) is 17.7 Å². The molecule has 0 heterocycles. The first-order valence-corrected chi connectivity index (χ1v) is 11.9. The van der Waals surface area contributed by atoms with Gasteiger partial charge in [-0.2, -0.15) is 8.42 Å². The van der Waals surface area contributed by atoms with Crippen LogP contribution in [0.3, 0.4) is 0 Å². The summed E-state index contributed by atoms with van der Waals surface area (Å²) in [6.07, 6.45) is 3.04. The second kappa shape index (κ2) is 8.79. The van der Waals surface area contributed by atoms with Crippen LogP contribution in [-0.4, -0.2) is 35.5 Å². The third-order valence-corrected chi connectivity index (χ3v) is 6.37. The number of benzene rings is 2. The van der Waals surface area contributed by atoms with Gasteiger partial charge in [-0.25, -0.2) is 8.42 Å². The summed E-state index contributed by atoms with van der Waals surface area (Å²) in [5, 5.41) is 0. The number of hydrogen-bond donors (Lipinski definition) is 0. The molecular formula is C19H24O5S2. The van der Waals surface area contributed by atoms with Gasteiger partial charge in [0.15, 0.2) is 9.84 Å². The van der Waals surface area contributed by atoms with Crippen molar-refractivity contribution in [3.63, 3.8) is 0 Å². The zero-order chi connectivity index (χ0) is 19.2. The van der Waals surface area contributed by atoms with Crippen molar-refractivity contribution < 1.29 is 21.0 Å². The van der Waals surface area contributed by atoms with Gasteiger partial charge in [-0.3, -0.25) is 4.18 Å². The Hall–Kier alpha value is -1.70. The van der Waals surface area contributed by atoms with E-state index >= 15 is 0 Å². The van der Waals surface area contributed by atoms with Crippen LogP contribution in [0, 0.1) is 0 Å². The van der Waals surface area contributed by atoms with E-state index in [1.54, 1.807) is 24.3 Å². The first-order chi connectivity index (χ1) is 12.2. The number of sulfone groups is 1. The molecule has 0 N–H and O–H groups in total. The monoisotopic (exact) mass is 396 g/mol. The van der Waals surface area contributed by atoms with Gasteiger partial charge in [0.05, 0.1) is 23.5 Å². The molecule has 5 nitrogen and oxygen atoms in total. The van der Waals surface area contributed by atoms with Crippen LogP contribution in [0.4, 0.5) is 0 Å². The molecule has 142 valence electrons. The van der Waals surface area contributed by atoms with Gasteiger partial charge in [0.2, 0.25) is 0 Å². The van der Waals surface area contributed by atoms with E-state index in [-0.39, 0.29) is 12.4 Å². The quantitative estimate of drug-likeness (QED) is 0.607. The number of unbranched alkanes of at least 4 members (excludes halogenated alkanes) is 1. The molecule has 0 saturated heterocycles. The first-order valence-electron chi connectivity index (χ1n) is 8.48. The van der Waals surface area contributed by atoms with Crippen molar-refractivity contribution >= 4 is 20.0 Å². The van der Waals surface area contributed by atoms with Gasteiger partial charge in [0.25, 0.3) is 10.1 Å². The highest BCUT2D eigenvalue weighted by Gasteiger charge is 2.13. The normalized spacial score (nSPS) is 12.2. The molecule has 0 aliphatic carbocycles. The Morgan fingerprint density at radius 3 is 1.88 bits per heavy atom. The molecule has 26 heavy (non-hydrogen) atoms. The summed E-state index contributed by atoms with van der Waals surface area (Å²) in [5.74, 6) is 0.174. The standard InChI is InChI=1S/C19H24O5S2/c1-3-4-15-26(22,23)19-11-9-18(10-12-19)17-7-5-16(6-8-17)13-14-24-25(2,20)21/h5-12H,3-4,13-15H2,1-2H3. The Bertz CT molecular complexity index is 913. The molecule has 7 heteroatoms. The summed E-state index contributed by atoms with van der Waals surface area (Å²) in [7, 11) is -6.63. The fourth-order valence-corrected chi connectivity index (χ4v) is 4.32. The molecule has 0 fully saturated rings. The predicted molar refractivity (Wildman–Crippen MR) is 103 cm³/mol. The summed E-state index contributed by atoms with van der Waals surface area (Å²) < 4.78 is 51.0. The maximum Gasteiger partial charge on any atom is 0.264 e. The van der Waals surface area contributed by atoms with Gasteiger partial charge in [0.1, 0.15) is 0 Å². The van der Waals surface area contributed by atoms with Crippen LogP contribution < -0.4 is 0 Å². The van der Waals surface area contributed by atoms with Gasteiger partial charge < -0.3 is 0 Å². The second-order valence-electron chi connectivity index (χ2n) is 6.17. The van der Waals surface area contributed by atoms with Crippen molar-refractivity contribution in [1.82, 2.24) is 0 Å². The Labute approximate surface area is 156 Å². The summed E-state index contributed by atoms with van der Waals surface area (Å²) in [6.45, 7) is 2.08. The molecule has 0 spiro atoms. The lowest BCUT2D eigenvalue weighted by Gasteiger charge is -2.07. The zero-order valence-corrected chi connectivity index (χ0v) is 16.6. The third kappa shape index (κ3) is 6.23. The molecule has 0 bridgehead atoms. The number of rotatable bonds is 9. The van der Waals surface area contributed by atoms with Crippen LogP contribution in [0.1, 0.15) is 25.3 Å². The highest BCUT2D eigenvalue weighted by atomic mass is 32.2. The summed E-state index contributed by atoms with van der Waals surface area (Å²) in [5.41, 5.74) is 2.87. The average molecular weight is 397 g/mol. The van der Waals surface area contributed by atoms with E-state index in [4.69, 9.17) is 4.18 Å². The smallest absolute Gasteiger partial charge is 0.264 e. The molecule has 0 atom stereocenters. The van der Waals surface area contributed by atoms with Gasteiger partial charge in [0, 0.05) is 0 Å². The van der Waals surface area contributed by atoms with Crippen LogP contribution in [0.15, 0.2) is 53.4 Å². The van der Waals surface area contributed by atoms with E-state index in [9.17, 15) is 16.8 Å². The molecule has 2 aromatic carbocycles. The van der Waals surface area contributed by atoms with Crippen LogP contribution in [-0.2, 0) is 30.6 Å².